The van der Waals surface area contributed by atoms with Gasteiger partial charge in [-0.25, -0.2) is 14.6 Å². The van der Waals surface area contributed by atoms with Crippen molar-refractivity contribution in [1.29, 1.82) is 5.26 Å². The number of thiazole rings is 1. The van der Waals surface area contributed by atoms with Crippen LogP contribution in [-0.2, 0) is 15.9 Å². The zero-order valence-electron chi connectivity index (χ0n) is 17.3. The van der Waals surface area contributed by atoms with Crippen LogP contribution in [0.4, 0.5) is 0 Å². The molecular formula is C24H20N2O4S. The number of ether oxygens (including phenoxy) is 2. The lowest BCUT2D eigenvalue weighted by Gasteiger charge is -2.06. The van der Waals surface area contributed by atoms with Crippen molar-refractivity contribution in [2.24, 2.45) is 0 Å². The molecule has 0 radical (unpaired) electrons. The normalized spacial score (nSPS) is 11.0. The average molecular weight is 433 g/mol. The molecule has 0 aliphatic rings. The molecule has 0 bridgehead atoms. The molecule has 1 heterocycles. The Hall–Kier alpha value is -3.76. The first kappa shape index (κ1) is 21.9. The quantitative estimate of drug-likeness (QED) is 0.402. The highest BCUT2D eigenvalue weighted by Gasteiger charge is 2.15. The lowest BCUT2D eigenvalue weighted by molar-refractivity contribution is 0.0599. The fourth-order valence-electron chi connectivity index (χ4n) is 2.96. The maximum absolute atomic E-state index is 12.0. The number of carbonyl (C=O) groups is 2. The van der Waals surface area contributed by atoms with E-state index < -0.39 is 11.9 Å². The standard InChI is InChI=1S/C24H20N2O4S/c1-4-15-5-7-17(8-6-15)21-14-31-22(26-21)20(13-25)11-16-9-18(23(27)29-2)12-19(10-16)24(28)30-3/h5-12,14H,4H2,1-3H3/b20-11+. The largest absolute Gasteiger partial charge is 0.465 e. The first-order chi connectivity index (χ1) is 15.0. The molecule has 0 unspecified atom stereocenters. The zero-order valence-corrected chi connectivity index (χ0v) is 18.2. The lowest BCUT2D eigenvalue weighted by Crippen LogP contribution is -2.07. The Kier molecular flexibility index (Phi) is 6.96. The van der Waals surface area contributed by atoms with E-state index in [0.717, 1.165) is 17.7 Å². The van der Waals surface area contributed by atoms with E-state index in [1.165, 1.54) is 37.2 Å². The fraction of sp³-hybridized carbons (Fsp3) is 0.167. The Balaban J connectivity index is 2.00. The molecule has 0 saturated carbocycles. The van der Waals surface area contributed by atoms with E-state index in [-0.39, 0.29) is 11.1 Å². The van der Waals surface area contributed by atoms with E-state index in [1.807, 2.05) is 17.5 Å². The minimum absolute atomic E-state index is 0.185. The number of aryl methyl sites for hydroxylation is 1. The summed E-state index contributed by atoms with van der Waals surface area (Å²) in [4.78, 5) is 28.6. The van der Waals surface area contributed by atoms with E-state index in [2.05, 4.69) is 30.1 Å². The number of carbonyl (C=O) groups excluding carboxylic acids is 2. The van der Waals surface area contributed by atoms with Crippen LogP contribution in [0.3, 0.4) is 0 Å². The summed E-state index contributed by atoms with van der Waals surface area (Å²) in [5.74, 6) is -1.18. The maximum Gasteiger partial charge on any atom is 0.337 e. The third kappa shape index (κ3) is 5.05. The second kappa shape index (κ2) is 9.83. The third-order valence-electron chi connectivity index (χ3n) is 4.62. The average Bonchev–Trinajstić information content (AvgIpc) is 3.31. The predicted molar refractivity (Wildman–Crippen MR) is 120 cm³/mol. The van der Waals surface area contributed by atoms with Gasteiger partial charge < -0.3 is 9.47 Å². The molecule has 1 aromatic heterocycles. The molecule has 0 aliphatic heterocycles. The lowest BCUT2D eigenvalue weighted by atomic mass is 10.0. The van der Waals surface area contributed by atoms with E-state index in [0.29, 0.717) is 16.1 Å². The topological polar surface area (TPSA) is 89.3 Å². The number of nitriles is 1. The summed E-state index contributed by atoms with van der Waals surface area (Å²) < 4.78 is 9.51. The smallest absolute Gasteiger partial charge is 0.337 e. The van der Waals surface area contributed by atoms with Crippen LogP contribution in [-0.4, -0.2) is 31.1 Å². The molecule has 3 rings (SSSR count). The Morgan fingerprint density at radius 2 is 1.68 bits per heavy atom. The van der Waals surface area contributed by atoms with Crippen molar-refractivity contribution in [1.82, 2.24) is 4.98 Å². The molecule has 2 aromatic carbocycles. The number of aromatic nitrogens is 1. The molecule has 7 heteroatoms. The van der Waals surface area contributed by atoms with Crippen molar-refractivity contribution in [2.75, 3.05) is 14.2 Å². The summed E-state index contributed by atoms with van der Waals surface area (Å²) in [5, 5.41) is 12.1. The number of allylic oxidation sites excluding steroid dienone is 1. The predicted octanol–water partition coefficient (Wildman–Crippen LogP) is 5.01. The van der Waals surface area contributed by atoms with Gasteiger partial charge in [-0.05, 0) is 41.8 Å². The fourth-order valence-corrected chi connectivity index (χ4v) is 3.75. The molecule has 0 atom stereocenters. The summed E-state index contributed by atoms with van der Waals surface area (Å²) in [6.07, 6.45) is 2.55. The summed E-state index contributed by atoms with van der Waals surface area (Å²) in [6, 6.07) is 14.8. The van der Waals surface area contributed by atoms with Crippen LogP contribution in [0.2, 0.25) is 0 Å². The van der Waals surface area contributed by atoms with Crippen LogP contribution in [0.5, 0.6) is 0 Å². The molecule has 0 saturated heterocycles. The van der Waals surface area contributed by atoms with Crippen molar-refractivity contribution in [3.8, 4) is 17.3 Å². The molecule has 3 aromatic rings. The van der Waals surface area contributed by atoms with Crippen molar-refractivity contribution in [2.45, 2.75) is 13.3 Å². The number of hydrogen-bond donors (Lipinski definition) is 0. The number of hydrogen-bond acceptors (Lipinski definition) is 7. The zero-order chi connectivity index (χ0) is 22.4. The second-order valence-corrected chi connectivity index (χ2v) is 7.44. The highest BCUT2D eigenvalue weighted by molar-refractivity contribution is 7.11. The van der Waals surface area contributed by atoms with E-state index in [4.69, 9.17) is 9.47 Å². The van der Waals surface area contributed by atoms with Gasteiger partial charge in [0.05, 0.1) is 36.6 Å². The number of esters is 2. The van der Waals surface area contributed by atoms with Crippen LogP contribution < -0.4 is 0 Å². The van der Waals surface area contributed by atoms with Gasteiger partial charge >= 0.3 is 11.9 Å². The van der Waals surface area contributed by atoms with Gasteiger partial charge in [-0.1, -0.05) is 31.2 Å². The second-order valence-electron chi connectivity index (χ2n) is 6.59. The molecule has 0 aliphatic carbocycles. The first-order valence-electron chi connectivity index (χ1n) is 9.47. The Bertz CT molecular complexity index is 1150. The molecule has 31 heavy (non-hydrogen) atoms. The number of rotatable bonds is 6. The minimum atomic E-state index is -0.592. The van der Waals surface area contributed by atoms with Crippen molar-refractivity contribution in [3.63, 3.8) is 0 Å². The summed E-state index contributed by atoms with van der Waals surface area (Å²) in [7, 11) is 2.51. The molecule has 0 amide bonds. The van der Waals surface area contributed by atoms with Crippen LogP contribution >= 0.6 is 11.3 Å². The van der Waals surface area contributed by atoms with Gasteiger partial charge in [0, 0.05) is 10.9 Å². The van der Waals surface area contributed by atoms with E-state index in [9.17, 15) is 14.9 Å². The van der Waals surface area contributed by atoms with Gasteiger partial charge in [0.2, 0.25) is 0 Å². The Labute approximate surface area is 184 Å². The molecule has 0 spiro atoms. The number of nitrogens with zero attached hydrogens (tertiary/aromatic N) is 2. The van der Waals surface area contributed by atoms with Crippen LogP contribution in [0.1, 0.15) is 43.8 Å². The minimum Gasteiger partial charge on any atom is -0.465 e. The van der Waals surface area contributed by atoms with Crippen molar-refractivity contribution < 1.29 is 19.1 Å². The molecular weight excluding hydrogens is 412 g/mol. The summed E-state index contributed by atoms with van der Waals surface area (Å²) in [6.45, 7) is 2.10. The highest BCUT2D eigenvalue weighted by atomic mass is 32.1. The number of methoxy groups -OCH3 is 2. The number of benzene rings is 2. The summed E-state index contributed by atoms with van der Waals surface area (Å²) in [5.41, 5.74) is 4.17. The van der Waals surface area contributed by atoms with Gasteiger partial charge in [0.1, 0.15) is 11.1 Å². The van der Waals surface area contributed by atoms with E-state index >= 15 is 0 Å². The molecule has 6 nitrogen and oxygen atoms in total. The molecule has 156 valence electrons. The summed E-state index contributed by atoms with van der Waals surface area (Å²) >= 11 is 1.35. The van der Waals surface area contributed by atoms with Crippen LogP contribution in [0.15, 0.2) is 47.8 Å². The monoisotopic (exact) mass is 432 g/mol. The van der Waals surface area contributed by atoms with E-state index in [1.54, 1.807) is 18.2 Å². The highest BCUT2D eigenvalue weighted by Crippen LogP contribution is 2.28. The third-order valence-corrected chi connectivity index (χ3v) is 5.50. The SMILES string of the molecule is CCc1ccc(-c2csc(/C(C#N)=C/c3cc(C(=O)OC)cc(C(=O)OC)c3)n2)cc1. The van der Waals surface area contributed by atoms with Crippen molar-refractivity contribution >= 4 is 34.9 Å². The molecule has 0 fully saturated rings. The first-order valence-corrected chi connectivity index (χ1v) is 10.4. The maximum atomic E-state index is 12.0. The van der Waals surface area contributed by atoms with Gasteiger partial charge in [-0.3, -0.25) is 0 Å². The Morgan fingerprint density at radius 1 is 1.06 bits per heavy atom. The Morgan fingerprint density at radius 3 is 2.19 bits per heavy atom. The van der Waals surface area contributed by atoms with Gasteiger partial charge in [0.15, 0.2) is 0 Å². The van der Waals surface area contributed by atoms with Gasteiger partial charge in [-0.2, -0.15) is 5.26 Å². The van der Waals surface area contributed by atoms with Crippen LogP contribution in [0, 0.1) is 11.3 Å². The van der Waals surface area contributed by atoms with Gasteiger partial charge in [0.25, 0.3) is 0 Å². The van der Waals surface area contributed by atoms with Crippen LogP contribution in [0.25, 0.3) is 22.9 Å². The van der Waals surface area contributed by atoms with Crippen molar-refractivity contribution in [3.05, 3.63) is 75.1 Å². The molecule has 0 N–H and O–H groups in total. The van der Waals surface area contributed by atoms with Gasteiger partial charge in [-0.15, -0.1) is 11.3 Å².